The first-order valence-corrected chi connectivity index (χ1v) is 8.14. The van der Waals surface area contributed by atoms with Crippen molar-refractivity contribution in [1.29, 1.82) is 0 Å². The van der Waals surface area contributed by atoms with Gasteiger partial charge in [0.2, 0.25) is 0 Å². The van der Waals surface area contributed by atoms with Crippen LogP contribution in [0.2, 0.25) is 5.02 Å². The zero-order chi connectivity index (χ0) is 16.9. The van der Waals surface area contributed by atoms with Gasteiger partial charge < -0.3 is 19.9 Å². The van der Waals surface area contributed by atoms with Crippen molar-refractivity contribution in [2.45, 2.75) is 18.9 Å². The summed E-state index contributed by atoms with van der Waals surface area (Å²) in [6, 6.07) is 11.3. The zero-order valence-electron chi connectivity index (χ0n) is 13.0. The van der Waals surface area contributed by atoms with Gasteiger partial charge in [-0.3, -0.25) is 4.79 Å². The molecule has 1 saturated heterocycles. The van der Waals surface area contributed by atoms with Crippen molar-refractivity contribution in [2.24, 2.45) is 0 Å². The normalized spacial score (nSPS) is 16.8. The number of halogens is 1. The van der Waals surface area contributed by atoms with E-state index in [-0.39, 0.29) is 23.4 Å². The number of ether oxygens (including phenoxy) is 2. The summed E-state index contributed by atoms with van der Waals surface area (Å²) in [7, 11) is 0. The highest BCUT2D eigenvalue weighted by Crippen LogP contribution is 2.27. The molecular weight excluding hydrogens is 330 g/mol. The number of rotatable bonds is 5. The molecule has 0 aliphatic carbocycles. The molecule has 6 heteroatoms. The smallest absolute Gasteiger partial charge is 0.255 e. The maximum Gasteiger partial charge on any atom is 0.255 e. The predicted molar refractivity (Wildman–Crippen MR) is 92.0 cm³/mol. The van der Waals surface area contributed by atoms with E-state index in [9.17, 15) is 9.90 Å². The van der Waals surface area contributed by atoms with Gasteiger partial charge in [-0.25, -0.2) is 0 Å². The largest absolute Gasteiger partial charge is 0.506 e. The highest BCUT2D eigenvalue weighted by Gasteiger charge is 2.16. The third-order valence-electron chi connectivity index (χ3n) is 3.78. The van der Waals surface area contributed by atoms with E-state index in [1.54, 1.807) is 30.3 Å². The third-order valence-corrected chi connectivity index (χ3v) is 4.02. The molecule has 1 fully saturated rings. The molecule has 1 heterocycles. The Morgan fingerprint density at radius 3 is 2.79 bits per heavy atom. The van der Waals surface area contributed by atoms with Gasteiger partial charge in [-0.15, -0.1) is 0 Å². The van der Waals surface area contributed by atoms with Gasteiger partial charge >= 0.3 is 0 Å². The number of amides is 1. The number of anilines is 1. The summed E-state index contributed by atoms with van der Waals surface area (Å²) in [5.74, 6) is 0.315. The van der Waals surface area contributed by atoms with Crippen molar-refractivity contribution in [3.63, 3.8) is 0 Å². The Hall–Kier alpha value is -2.24. The van der Waals surface area contributed by atoms with Gasteiger partial charge in [-0.05, 0) is 55.3 Å². The Kier molecular flexibility index (Phi) is 5.23. The standard InChI is InChI=1S/C18H18ClNO4/c19-13-5-8-17(21)16(10-13)20-18(22)12-3-6-14(7-4-12)24-11-15-2-1-9-23-15/h3-8,10,15,21H,1-2,9,11H2,(H,20,22). The van der Waals surface area contributed by atoms with Crippen molar-refractivity contribution in [2.75, 3.05) is 18.5 Å². The maximum atomic E-state index is 12.2. The van der Waals surface area contributed by atoms with E-state index in [0.717, 1.165) is 19.4 Å². The van der Waals surface area contributed by atoms with Crippen molar-refractivity contribution >= 4 is 23.2 Å². The summed E-state index contributed by atoms with van der Waals surface area (Å²) < 4.78 is 11.2. The zero-order valence-corrected chi connectivity index (χ0v) is 13.8. The molecule has 1 unspecified atom stereocenters. The summed E-state index contributed by atoms with van der Waals surface area (Å²) in [4.78, 5) is 12.2. The molecule has 126 valence electrons. The van der Waals surface area contributed by atoms with Crippen LogP contribution in [0, 0.1) is 0 Å². The molecule has 2 N–H and O–H groups in total. The van der Waals surface area contributed by atoms with E-state index >= 15 is 0 Å². The molecule has 1 atom stereocenters. The number of hydrogen-bond donors (Lipinski definition) is 2. The minimum absolute atomic E-state index is 0.0377. The van der Waals surface area contributed by atoms with Gasteiger partial charge in [0.25, 0.3) is 5.91 Å². The van der Waals surface area contributed by atoms with Crippen LogP contribution >= 0.6 is 11.6 Å². The minimum atomic E-state index is -0.335. The van der Waals surface area contributed by atoms with Gasteiger partial charge in [0, 0.05) is 17.2 Å². The molecule has 1 aliphatic rings. The first kappa shape index (κ1) is 16.6. The molecular formula is C18H18ClNO4. The fourth-order valence-corrected chi connectivity index (χ4v) is 2.64. The number of phenolic OH excluding ortho intramolecular Hbond substituents is 1. The minimum Gasteiger partial charge on any atom is -0.506 e. The number of aromatic hydroxyl groups is 1. The van der Waals surface area contributed by atoms with Crippen LogP contribution in [0.4, 0.5) is 5.69 Å². The van der Waals surface area contributed by atoms with Crippen LogP contribution in [0.3, 0.4) is 0 Å². The molecule has 0 saturated carbocycles. The van der Waals surface area contributed by atoms with Crippen molar-refractivity contribution in [3.05, 3.63) is 53.1 Å². The number of nitrogens with one attached hydrogen (secondary N) is 1. The Balaban J connectivity index is 1.59. The summed E-state index contributed by atoms with van der Waals surface area (Å²) >= 11 is 5.87. The number of carbonyl (C=O) groups is 1. The van der Waals surface area contributed by atoms with E-state index in [1.165, 1.54) is 12.1 Å². The highest BCUT2D eigenvalue weighted by molar-refractivity contribution is 6.31. The number of phenols is 1. The average molecular weight is 348 g/mol. The lowest BCUT2D eigenvalue weighted by molar-refractivity contribution is 0.0679. The number of carbonyl (C=O) groups excluding carboxylic acids is 1. The fourth-order valence-electron chi connectivity index (χ4n) is 2.47. The van der Waals surface area contributed by atoms with Gasteiger partial charge in [0.05, 0.1) is 11.8 Å². The SMILES string of the molecule is O=C(Nc1cc(Cl)ccc1O)c1ccc(OCC2CCCO2)cc1. The van der Waals surface area contributed by atoms with Gasteiger partial charge in [0.1, 0.15) is 18.1 Å². The molecule has 5 nitrogen and oxygen atoms in total. The molecule has 0 spiro atoms. The fraction of sp³-hybridized carbons (Fsp3) is 0.278. The van der Waals surface area contributed by atoms with Gasteiger partial charge in [-0.1, -0.05) is 11.6 Å². The highest BCUT2D eigenvalue weighted by atomic mass is 35.5. The lowest BCUT2D eigenvalue weighted by atomic mass is 10.2. The molecule has 1 aliphatic heterocycles. The third kappa shape index (κ3) is 4.19. The van der Waals surface area contributed by atoms with E-state index in [0.29, 0.717) is 22.9 Å². The van der Waals surface area contributed by atoms with Crippen LogP contribution in [0.5, 0.6) is 11.5 Å². The lowest BCUT2D eigenvalue weighted by Gasteiger charge is -2.12. The average Bonchev–Trinajstić information content (AvgIpc) is 3.10. The Labute approximate surface area is 145 Å². The second-order valence-corrected chi connectivity index (χ2v) is 6.02. The van der Waals surface area contributed by atoms with E-state index in [4.69, 9.17) is 21.1 Å². The Bertz CT molecular complexity index is 711. The first-order chi connectivity index (χ1) is 11.6. The quantitative estimate of drug-likeness (QED) is 0.806. The molecule has 0 bridgehead atoms. The van der Waals surface area contributed by atoms with Crippen LogP contribution < -0.4 is 10.1 Å². The Morgan fingerprint density at radius 2 is 2.08 bits per heavy atom. The van der Waals surface area contributed by atoms with Gasteiger partial charge in [0.15, 0.2) is 0 Å². The summed E-state index contributed by atoms with van der Waals surface area (Å²) in [6.45, 7) is 1.31. The number of benzene rings is 2. The molecule has 2 aromatic carbocycles. The van der Waals surface area contributed by atoms with Crippen molar-refractivity contribution in [3.8, 4) is 11.5 Å². The lowest BCUT2D eigenvalue weighted by Crippen LogP contribution is -2.16. The second-order valence-electron chi connectivity index (χ2n) is 5.59. The first-order valence-electron chi connectivity index (χ1n) is 7.76. The molecule has 3 rings (SSSR count). The summed E-state index contributed by atoms with van der Waals surface area (Å²) in [5, 5.41) is 12.8. The van der Waals surface area contributed by atoms with E-state index in [1.807, 2.05) is 0 Å². The second kappa shape index (κ2) is 7.55. The number of hydrogen-bond acceptors (Lipinski definition) is 4. The predicted octanol–water partition coefficient (Wildman–Crippen LogP) is 3.86. The van der Waals surface area contributed by atoms with Crippen LogP contribution in [0.15, 0.2) is 42.5 Å². The maximum absolute atomic E-state index is 12.2. The molecule has 24 heavy (non-hydrogen) atoms. The molecule has 0 radical (unpaired) electrons. The van der Waals surface area contributed by atoms with Gasteiger partial charge in [-0.2, -0.15) is 0 Å². The summed E-state index contributed by atoms with van der Waals surface area (Å²) in [6.07, 6.45) is 2.24. The topological polar surface area (TPSA) is 67.8 Å². The monoisotopic (exact) mass is 347 g/mol. The van der Waals surface area contributed by atoms with E-state index < -0.39 is 0 Å². The Morgan fingerprint density at radius 1 is 1.29 bits per heavy atom. The molecule has 0 aromatic heterocycles. The van der Waals surface area contributed by atoms with Crippen molar-refractivity contribution < 1.29 is 19.4 Å². The van der Waals surface area contributed by atoms with Crippen LogP contribution in [0.1, 0.15) is 23.2 Å². The molecule has 1 amide bonds. The van der Waals surface area contributed by atoms with Crippen LogP contribution in [-0.2, 0) is 4.74 Å². The van der Waals surface area contributed by atoms with E-state index in [2.05, 4.69) is 5.32 Å². The van der Waals surface area contributed by atoms with Crippen LogP contribution in [0.25, 0.3) is 0 Å². The molecule has 2 aromatic rings. The van der Waals surface area contributed by atoms with Crippen molar-refractivity contribution in [1.82, 2.24) is 0 Å². The summed E-state index contributed by atoms with van der Waals surface area (Å²) in [5.41, 5.74) is 0.727. The van der Waals surface area contributed by atoms with Crippen LogP contribution in [-0.4, -0.2) is 30.3 Å².